The molecule has 2 aromatic rings. The highest BCUT2D eigenvalue weighted by molar-refractivity contribution is 6.27. The third-order valence-corrected chi connectivity index (χ3v) is 8.05. The Labute approximate surface area is 186 Å². The Morgan fingerprint density at radius 1 is 0.862 bits per heavy atom. The molecule has 3 heteroatoms. The van der Waals surface area contributed by atoms with Crippen molar-refractivity contribution in [1.82, 2.24) is 4.90 Å². The van der Waals surface area contributed by atoms with Gasteiger partial charge in [0.1, 0.15) is 0 Å². The number of benzene rings is 2. The first-order chi connectivity index (χ1) is 14.0. The molecule has 29 heavy (non-hydrogen) atoms. The number of likely N-dealkylation sites (N-methyl/N-ethyl adjacent to an activating group) is 1. The van der Waals surface area contributed by atoms with Crippen LogP contribution in [0.3, 0.4) is 0 Å². The SMILES string of the molecule is CCN(CCc1ccccc1)C(C)CCc1c(C2(Cl)CC2)cccc1C1(Cl)CC1. The second-order valence-electron chi connectivity index (χ2n) is 9.01. The van der Waals surface area contributed by atoms with Gasteiger partial charge in [-0.05, 0) is 80.7 Å². The van der Waals surface area contributed by atoms with Gasteiger partial charge < -0.3 is 4.90 Å². The zero-order valence-electron chi connectivity index (χ0n) is 17.8. The van der Waals surface area contributed by atoms with Crippen molar-refractivity contribution in [2.75, 3.05) is 13.1 Å². The molecular formula is C26H33Cl2N. The largest absolute Gasteiger partial charge is 0.301 e. The highest BCUT2D eigenvalue weighted by Crippen LogP contribution is 2.58. The quantitative estimate of drug-likeness (QED) is 0.366. The molecule has 0 spiro atoms. The van der Waals surface area contributed by atoms with Gasteiger partial charge in [-0.3, -0.25) is 0 Å². The highest BCUT2D eigenvalue weighted by atomic mass is 35.5. The van der Waals surface area contributed by atoms with E-state index in [1.807, 2.05) is 0 Å². The van der Waals surface area contributed by atoms with Crippen LogP contribution in [0.2, 0.25) is 0 Å². The van der Waals surface area contributed by atoms with Crippen LogP contribution in [0.15, 0.2) is 48.5 Å². The van der Waals surface area contributed by atoms with Crippen molar-refractivity contribution in [3.63, 3.8) is 0 Å². The predicted octanol–water partition coefficient (Wildman–Crippen LogP) is 7.03. The molecule has 2 saturated carbocycles. The Bertz CT molecular complexity index is 788. The lowest BCUT2D eigenvalue weighted by molar-refractivity contribution is 0.212. The van der Waals surface area contributed by atoms with E-state index in [1.165, 1.54) is 22.3 Å². The lowest BCUT2D eigenvalue weighted by Gasteiger charge is -2.29. The number of nitrogens with zero attached hydrogens (tertiary/aromatic N) is 1. The van der Waals surface area contributed by atoms with Crippen molar-refractivity contribution < 1.29 is 0 Å². The number of alkyl halides is 2. The number of hydrogen-bond donors (Lipinski definition) is 0. The average molecular weight is 430 g/mol. The molecule has 2 fully saturated rings. The monoisotopic (exact) mass is 429 g/mol. The Morgan fingerprint density at radius 2 is 1.45 bits per heavy atom. The molecule has 0 amide bonds. The minimum atomic E-state index is -0.130. The lowest BCUT2D eigenvalue weighted by Crippen LogP contribution is -2.35. The van der Waals surface area contributed by atoms with Crippen LogP contribution < -0.4 is 0 Å². The molecule has 1 unspecified atom stereocenters. The van der Waals surface area contributed by atoms with Crippen LogP contribution in [0.5, 0.6) is 0 Å². The molecule has 1 nitrogen and oxygen atoms in total. The normalized spacial score (nSPS) is 19.9. The van der Waals surface area contributed by atoms with Gasteiger partial charge in [0.05, 0.1) is 9.75 Å². The van der Waals surface area contributed by atoms with E-state index in [1.54, 1.807) is 0 Å². The predicted molar refractivity (Wildman–Crippen MR) is 125 cm³/mol. The smallest absolute Gasteiger partial charge is 0.0699 e. The van der Waals surface area contributed by atoms with Crippen LogP contribution >= 0.6 is 23.2 Å². The van der Waals surface area contributed by atoms with E-state index in [4.69, 9.17) is 23.2 Å². The maximum Gasteiger partial charge on any atom is 0.0699 e. The van der Waals surface area contributed by atoms with Gasteiger partial charge in [0.15, 0.2) is 0 Å². The van der Waals surface area contributed by atoms with Crippen LogP contribution in [-0.4, -0.2) is 24.0 Å². The van der Waals surface area contributed by atoms with Gasteiger partial charge in [0.25, 0.3) is 0 Å². The molecule has 4 rings (SSSR count). The van der Waals surface area contributed by atoms with Crippen molar-refractivity contribution in [2.45, 2.75) is 74.6 Å². The van der Waals surface area contributed by atoms with E-state index in [2.05, 4.69) is 67.3 Å². The fraction of sp³-hybridized carbons (Fsp3) is 0.538. The molecule has 0 bridgehead atoms. The second-order valence-corrected chi connectivity index (χ2v) is 10.5. The molecule has 0 radical (unpaired) electrons. The van der Waals surface area contributed by atoms with Crippen LogP contribution in [0.25, 0.3) is 0 Å². The van der Waals surface area contributed by atoms with E-state index < -0.39 is 0 Å². The van der Waals surface area contributed by atoms with Crippen molar-refractivity contribution in [1.29, 1.82) is 0 Å². The van der Waals surface area contributed by atoms with Gasteiger partial charge in [-0.25, -0.2) is 0 Å². The number of rotatable bonds is 10. The molecule has 0 N–H and O–H groups in total. The molecule has 0 heterocycles. The summed E-state index contributed by atoms with van der Waals surface area (Å²) in [5.41, 5.74) is 5.56. The zero-order chi connectivity index (χ0) is 20.5. The number of hydrogen-bond acceptors (Lipinski definition) is 1. The second kappa shape index (κ2) is 8.61. The summed E-state index contributed by atoms with van der Waals surface area (Å²) < 4.78 is 0. The van der Waals surface area contributed by atoms with Gasteiger partial charge in [0, 0.05) is 12.6 Å². The molecule has 0 aliphatic heterocycles. The maximum atomic E-state index is 6.89. The summed E-state index contributed by atoms with van der Waals surface area (Å²) >= 11 is 13.8. The zero-order valence-corrected chi connectivity index (χ0v) is 19.3. The minimum absolute atomic E-state index is 0.130. The van der Waals surface area contributed by atoms with E-state index in [9.17, 15) is 0 Å². The molecule has 156 valence electrons. The highest BCUT2D eigenvalue weighted by Gasteiger charge is 2.48. The first-order valence-corrected chi connectivity index (χ1v) is 12.0. The minimum Gasteiger partial charge on any atom is -0.301 e. The maximum absolute atomic E-state index is 6.89. The Morgan fingerprint density at radius 3 is 1.97 bits per heavy atom. The third kappa shape index (κ3) is 4.84. The molecule has 2 aromatic carbocycles. The van der Waals surface area contributed by atoms with E-state index in [0.717, 1.165) is 58.0 Å². The summed E-state index contributed by atoms with van der Waals surface area (Å²) in [5.74, 6) is 0. The molecule has 0 aromatic heterocycles. The van der Waals surface area contributed by atoms with Crippen molar-refractivity contribution in [3.05, 3.63) is 70.8 Å². The van der Waals surface area contributed by atoms with Gasteiger partial charge in [-0.1, -0.05) is 55.5 Å². The Balaban J connectivity index is 1.45. The third-order valence-electron chi connectivity index (χ3n) is 6.89. The summed E-state index contributed by atoms with van der Waals surface area (Å²) in [6, 6.07) is 18.0. The molecule has 2 aliphatic rings. The molecular weight excluding hydrogens is 397 g/mol. The van der Waals surface area contributed by atoms with Gasteiger partial charge in [-0.15, -0.1) is 23.2 Å². The summed E-state index contributed by atoms with van der Waals surface area (Å²) in [6.07, 6.45) is 7.69. The summed E-state index contributed by atoms with van der Waals surface area (Å²) in [6.45, 7) is 6.84. The first kappa shape index (κ1) is 21.2. The van der Waals surface area contributed by atoms with Crippen LogP contribution in [0.1, 0.15) is 68.2 Å². The molecule has 1 atom stereocenters. The van der Waals surface area contributed by atoms with Gasteiger partial charge in [-0.2, -0.15) is 0 Å². The summed E-state index contributed by atoms with van der Waals surface area (Å²) in [7, 11) is 0. The van der Waals surface area contributed by atoms with Gasteiger partial charge in [0.2, 0.25) is 0 Å². The van der Waals surface area contributed by atoms with Crippen LogP contribution in [-0.2, 0) is 22.6 Å². The van der Waals surface area contributed by atoms with E-state index in [-0.39, 0.29) is 9.75 Å². The lowest BCUT2D eigenvalue weighted by atomic mass is 9.90. The Kier molecular flexibility index (Phi) is 6.30. The average Bonchev–Trinajstić information content (AvgIpc) is 3.66. The van der Waals surface area contributed by atoms with Crippen molar-refractivity contribution >= 4 is 23.2 Å². The van der Waals surface area contributed by atoms with Crippen molar-refractivity contribution in [3.8, 4) is 0 Å². The summed E-state index contributed by atoms with van der Waals surface area (Å²) in [4.78, 5) is 2.35. The molecule has 2 aliphatic carbocycles. The van der Waals surface area contributed by atoms with Crippen molar-refractivity contribution in [2.24, 2.45) is 0 Å². The number of halogens is 2. The van der Waals surface area contributed by atoms with Crippen LogP contribution in [0.4, 0.5) is 0 Å². The first-order valence-electron chi connectivity index (χ1n) is 11.2. The van der Waals surface area contributed by atoms with E-state index in [0.29, 0.717) is 6.04 Å². The van der Waals surface area contributed by atoms with Gasteiger partial charge >= 0.3 is 0 Å². The molecule has 0 saturated heterocycles. The fourth-order valence-electron chi connectivity index (χ4n) is 4.60. The van der Waals surface area contributed by atoms with E-state index >= 15 is 0 Å². The topological polar surface area (TPSA) is 3.24 Å². The fourth-order valence-corrected chi connectivity index (χ4v) is 5.14. The Hall–Kier alpha value is -1.02. The summed E-state index contributed by atoms with van der Waals surface area (Å²) in [5, 5.41) is 0. The standard InChI is InChI=1S/C26H33Cl2N/c1-3-29(19-14-21-8-5-4-6-9-21)20(2)12-13-22-23(25(27)15-16-25)10-7-11-24(22)26(28)17-18-26/h4-11,20H,3,12-19H2,1-2H3. The van der Waals surface area contributed by atoms with Crippen LogP contribution in [0, 0.1) is 0 Å².